The second-order valence-corrected chi connectivity index (χ2v) is 14.7. The molecule has 0 bridgehead atoms. The average molecular weight is 667 g/mol. The van der Waals surface area contributed by atoms with Gasteiger partial charge in [-0.1, -0.05) is 110 Å². The number of hydrogen-bond acceptors (Lipinski definition) is 2. The van der Waals surface area contributed by atoms with Crippen LogP contribution in [0.4, 0.5) is 0 Å². The number of carbonyl (C=O) groups is 1. The second kappa shape index (κ2) is 30.0. The molecule has 0 radical (unpaired) electrons. The first kappa shape index (κ1) is 40.9. The fourth-order valence-electron chi connectivity index (χ4n) is 4.95. The summed E-state index contributed by atoms with van der Waals surface area (Å²) >= 11 is 32.0. The highest BCUT2D eigenvalue weighted by Gasteiger charge is 2.20. The Morgan fingerprint density at radius 3 is 1.55 bits per heavy atom. The molecule has 0 aromatic heterocycles. The zero-order chi connectivity index (χ0) is 29.8. The topological polar surface area (TPSA) is 26.3 Å². The maximum absolute atomic E-state index is 12.1. The van der Waals surface area contributed by atoms with Gasteiger partial charge in [-0.2, -0.15) is 0 Å². The molecule has 5 atom stereocenters. The fourth-order valence-corrected chi connectivity index (χ4v) is 6.39. The molecular formula is C33H61Cl5O2. The number of esters is 1. The van der Waals surface area contributed by atoms with Crippen molar-refractivity contribution < 1.29 is 9.53 Å². The highest BCUT2D eigenvalue weighted by molar-refractivity contribution is 6.30. The average Bonchev–Trinajstić information content (AvgIpc) is 2.94. The van der Waals surface area contributed by atoms with E-state index in [1.165, 1.54) is 83.5 Å². The van der Waals surface area contributed by atoms with E-state index in [9.17, 15) is 4.79 Å². The lowest BCUT2D eigenvalue weighted by Gasteiger charge is -2.18. The minimum Gasteiger partial charge on any atom is -0.466 e. The quantitative estimate of drug-likeness (QED) is 0.0433. The SMILES string of the molecule is CCCCCCCCCCCCCCCCCOC(=O)CCC(Cl)CCC(Cl)C(Cl)CCCC(Cl)CC(Cl)CC. The number of hydrogen-bond donors (Lipinski definition) is 0. The maximum Gasteiger partial charge on any atom is 0.305 e. The Balaban J connectivity index is 3.56. The second-order valence-electron chi connectivity index (χ2n) is 11.7. The van der Waals surface area contributed by atoms with E-state index in [4.69, 9.17) is 62.7 Å². The van der Waals surface area contributed by atoms with Gasteiger partial charge in [-0.3, -0.25) is 4.79 Å². The third kappa shape index (κ3) is 27.7. The summed E-state index contributed by atoms with van der Waals surface area (Å²) < 4.78 is 5.40. The van der Waals surface area contributed by atoms with E-state index in [1.807, 2.05) is 0 Å². The van der Waals surface area contributed by atoms with Crippen molar-refractivity contribution in [2.45, 2.75) is 195 Å². The van der Waals surface area contributed by atoms with Crippen LogP contribution in [0.2, 0.25) is 0 Å². The van der Waals surface area contributed by atoms with Crippen molar-refractivity contribution >= 4 is 64.0 Å². The standard InChI is InChI=1S/C33H61Cl5O2/c1-3-5-6-7-8-9-10-11-12-13-14-15-16-17-18-26-40-33(39)25-23-29(35)22-24-32(38)31(37)21-19-20-30(36)27-28(34)4-2/h28-32H,3-27H2,1-2H3. The smallest absolute Gasteiger partial charge is 0.305 e. The van der Waals surface area contributed by atoms with Crippen molar-refractivity contribution in [1.82, 2.24) is 0 Å². The van der Waals surface area contributed by atoms with Crippen molar-refractivity contribution in [3.8, 4) is 0 Å². The van der Waals surface area contributed by atoms with E-state index < -0.39 is 0 Å². The lowest BCUT2D eigenvalue weighted by Crippen LogP contribution is -2.18. The highest BCUT2D eigenvalue weighted by Crippen LogP contribution is 2.26. The van der Waals surface area contributed by atoms with E-state index >= 15 is 0 Å². The van der Waals surface area contributed by atoms with Crippen molar-refractivity contribution in [2.24, 2.45) is 0 Å². The molecule has 0 aliphatic rings. The summed E-state index contributed by atoms with van der Waals surface area (Å²) in [5.41, 5.74) is 0. The van der Waals surface area contributed by atoms with E-state index in [2.05, 4.69) is 13.8 Å². The molecule has 0 N–H and O–H groups in total. The van der Waals surface area contributed by atoms with Gasteiger partial charge < -0.3 is 4.74 Å². The predicted molar refractivity (Wildman–Crippen MR) is 181 cm³/mol. The molecule has 0 spiro atoms. The summed E-state index contributed by atoms with van der Waals surface area (Å²) in [5, 5.41) is -0.101. The summed E-state index contributed by atoms with van der Waals surface area (Å²) in [5.74, 6) is -0.147. The molecule has 0 saturated heterocycles. The summed E-state index contributed by atoms with van der Waals surface area (Å²) in [6, 6.07) is 0. The van der Waals surface area contributed by atoms with Gasteiger partial charge in [0.15, 0.2) is 0 Å². The molecule has 0 aliphatic heterocycles. The third-order valence-corrected chi connectivity index (χ3v) is 10.3. The van der Waals surface area contributed by atoms with Crippen LogP contribution < -0.4 is 0 Å². The number of alkyl halides is 5. The van der Waals surface area contributed by atoms with E-state index in [0.717, 1.165) is 57.8 Å². The molecule has 0 aromatic carbocycles. The Hall–Kier alpha value is 0.920. The highest BCUT2D eigenvalue weighted by atomic mass is 35.5. The number of halogens is 5. The molecule has 0 amide bonds. The Morgan fingerprint density at radius 1 is 0.525 bits per heavy atom. The van der Waals surface area contributed by atoms with Crippen LogP contribution in [0.25, 0.3) is 0 Å². The molecule has 40 heavy (non-hydrogen) atoms. The first-order valence-corrected chi connectivity index (χ1v) is 18.8. The van der Waals surface area contributed by atoms with Gasteiger partial charge in [0.05, 0.1) is 6.61 Å². The van der Waals surface area contributed by atoms with Crippen LogP contribution in [0.15, 0.2) is 0 Å². The third-order valence-electron chi connectivity index (χ3n) is 7.77. The van der Waals surface area contributed by atoms with Crippen LogP contribution in [0.5, 0.6) is 0 Å². The first-order valence-electron chi connectivity index (χ1n) is 16.7. The molecule has 240 valence electrons. The molecule has 5 unspecified atom stereocenters. The minimum atomic E-state index is -0.147. The van der Waals surface area contributed by atoms with Crippen molar-refractivity contribution in [1.29, 1.82) is 0 Å². The molecule has 2 nitrogen and oxygen atoms in total. The summed E-state index contributed by atoms with van der Waals surface area (Å²) in [6.45, 7) is 4.87. The largest absolute Gasteiger partial charge is 0.466 e. The van der Waals surface area contributed by atoms with Gasteiger partial charge in [0.2, 0.25) is 0 Å². The van der Waals surface area contributed by atoms with Gasteiger partial charge in [-0.25, -0.2) is 0 Å². The number of ether oxygens (including phenoxy) is 1. The number of unbranched alkanes of at least 4 members (excludes halogenated alkanes) is 14. The molecular weight excluding hydrogens is 606 g/mol. The fraction of sp³-hybridized carbons (Fsp3) is 0.970. The summed E-state index contributed by atoms with van der Waals surface area (Å²) in [7, 11) is 0. The lowest BCUT2D eigenvalue weighted by atomic mass is 10.0. The summed E-state index contributed by atoms with van der Waals surface area (Å²) in [6.07, 6.45) is 26.8. The molecule has 0 aromatic rings. The molecule has 0 aliphatic carbocycles. The van der Waals surface area contributed by atoms with Gasteiger partial charge in [0.25, 0.3) is 0 Å². The maximum atomic E-state index is 12.1. The zero-order valence-corrected chi connectivity index (χ0v) is 29.6. The first-order chi connectivity index (χ1) is 19.3. The minimum absolute atomic E-state index is 0.0892. The van der Waals surface area contributed by atoms with E-state index in [1.54, 1.807) is 0 Å². The van der Waals surface area contributed by atoms with E-state index in [-0.39, 0.29) is 32.9 Å². The Labute approximate surface area is 273 Å². The Bertz CT molecular complexity index is 551. The van der Waals surface area contributed by atoms with E-state index in [0.29, 0.717) is 19.4 Å². The van der Waals surface area contributed by atoms with Gasteiger partial charge >= 0.3 is 5.97 Å². The van der Waals surface area contributed by atoms with Crippen molar-refractivity contribution in [3.63, 3.8) is 0 Å². The molecule has 0 saturated carbocycles. The van der Waals surface area contributed by atoms with Crippen molar-refractivity contribution in [3.05, 3.63) is 0 Å². The Morgan fingerprint density at radius 2 is 1.02 bits per heavy atom. The Kier molecular flexibility index (Phi) is 30.7. The van der Waals surface area contributed by atoms with Crippen molar-refractivity contribution in [2.75, 3.05) is 6.61 Å². The summed E-state index contributed by atoms with van der Waals surface area (Å²) in [4.78, 5) is 12.1. The van der Waals surface area contributed by atoms with Crippen LogP contribution in [-0.2, 0) is 9.53 Å². The normalized spacial score (nSPS) is 15.5. The molecule has 0 fully saturated rings. The van der Waals surface area contributed by atoms with Gasteiger partial charge in [-0.05, 0) is 51.4 Å². The zero-order valence-electron chi connectivity index (χ0n) is 25.8. The van der Waals surface area contributed by atoms with Gasteiger partial charge in [0, 0.05) is 33.3 Å². The predicted octanol–water partition coefficient (Wildman–Crippen LogP) is 13.0. The van der Waals surface area contributed by atoms with Crippen LogP contribution in [0.1, 0.15) is 168 Å². The van der Waals surface area contributed by atoms with Gasteiger partial charge in [0.1, 0.15) is 0 Å². The van der Waals surface area contributed by atoms with Gasteiger partial charge in [-0.15, -0.1) is 58.0 Å². The molecule has 0 rings (SSSR count). The van der Waals surface area contributed by atoms with Crippen LogP contribution in [0.3, 0.4) is 0 Å². The molecule has 0 heterocycles. The monoisotopic (exact) mass is 664 g/mol. The molecule has 7 heteroatoms. The number of rotatable bonds is 30. The van der Waals surface area contributed by atoms with Crippen LogP contribution >= 0.6 is 58.0 Å². The lowest BCUT2D eigenvalue weighted by molar-refractivity contribution is -0.143. The van der Waals surface area contributed by atoms with Crippen LogP contribution in [-0.4, -0.2) is 39.5 Å². The van der Waals surface area contributed by atoms with Crippen LogP contribution in [0, 0.1) is 0 Å². The number of carbonyl (C=O) groups excluding carboxylic acids is 1.